The van der Waals surface area contributed by atoms with Gasteiger partial charge in [-0.1, -0.05) is 19.3 Å². The van der Waals surface area contributed by atoms with Crippen LogP contribution in [0, 0.1) is 23.4 Å². The minimum atomic E-state index is -1.51. The highest BCUT2D eigenvalue weighted by atomic mass is 19.2. The van der Waals surface area contributed by atoms with Crippen LogP contribution < -0.4 is 5.73 Å². The Morgan fingerprint density at radius 1 is 1.05 bits per heavy atom. The predicted octanol–water partition coefficient (Wildman–Crippen LogP) is 3.04. The molecule has 2 rings (SSSR count). The highest BCUT2D eigenvalue weighted by Gasteiger charge is 2.28. The summed E-state index contributed by atoms with van der Waals surface area (Å²) in [5.74, 6) is -4.02. The molecule has 1 aliphatic rings. The lowest BCUT2D eigenvalue weighted by Crippen LogP contribution is -2.34. The number of halogens is 3. The van der Waals surface area contributed by atoms with Crippen molar-refractivity contribution in [1.82, 2.24) is 0 Å². The number of benzene rings is 1. The lowest BCUT2D eigenvalue weighted by Gasteiger charge is -2.30. The molecule has 1 saturated carbocycles. The Morgan fingerprint density at radius 2 is 1.58 bits per heavy atom. The van der Waals surface area contributed by atoms with E-state index in [2.05, 4.69) is 0 Å². The van der Waals surface area contributed by atoms with Crippen LogP contribution >= 0.6 is 0 Å². The molecule has 19 heavy (non-hydrogen) atoms. The van der Waals surface area contributed by atoms with Crippen LogP contribution in [-0.2, 0) is 0 Å². The predicted molar refractivity (Wildman–Crippen MR) is 65.8 cm³/mol. The molecule has 0 bridgehead atoms. The largest absolute Gasteiger partial charge is 0.391 e. The van der Waals surface area contributed by atoms with Crippen LogP contribution in [-0.4, -0.2) is 11.2 Å². The first-order valence-corrected chi connectivity index (χ1v) is 6.59. The number of nitrogens with two attached hydrogens (primary N) is 1. The van der Waals surface area contributed by atoms with E-state index in [4.69, 9.17) is 5.73 Å². The Labute approximate surface area is 110 Å². The molecular formula is C14H18F3NO. The van der Waals surface area contributed by atoms with E-state index in [-0.39, 0.29) is 11.5 Å². The van der Waals surface area contributed by atoms with Gasteiger partial charge in [-0.15, -0.1) is 0 Å². The highest BCUT2D eigenvalue weighted by molar-refractivity contribution is 5.23. The fourth-order valence-electron chi connectivity index (χ4n) is 2.73. The van der Waals surface area contributed by atoms with Gasteiger partial charge in [-0.3, -0.25) is 0 Å². The maximum atomic E-state index is 13.2. The summed E-state index contributed by atoms with van der Waals surface area (Å²) in [7, 11) is 0. The molecule has 0 heterocycles. The summed E-state index contributed by atoms with van der Waals surface area (Å²) in [4.78, 5) is 0. The SMILES string of the molecule is N[C@@H](c1cc(F)c(F)c(F)c1)[C@H](O)C1CCCCC1. The van der Waals surface area contributed by atoms with Gasteiger partial charge in [0.2, 0.25) is 0 Å². The first-order valence-electron chi connectivity index (χ1n) is 6.59. The Morgan fingerprint density at radius 3 is 2.11 bits per heavy atom. The monoisotopic (exact) mass is 273 g/mol. The van der Waals surface area contributed by atoms with Gasteiger partial charge in [0.1, 0.15) is 0 Å². The molecule has 1 aromatic carbocycles. The number of hydrogen-bond donors (Lipinski definition) is 2. The van der Waals surface area contributed by atoms with E-state index < -0.39 is 29.6 Å². The summed E-state index contributed by atoms with van der Waals surface area (Å²) < 4.78 is 39.2. The van der Waals surface area contributed by atoms with Gasteiger partial charge in [-0.2, -0.15) is 0 Å². The van der Waals surface area contributed by atoms with E-state index in [1.165, 1.54) is 0 Å². The maximum absolute atomic E-state index is 13.2. The van der Waals surface area contributed by atoms with Crippen LogP contribution in [0.15, 0.2) is 12.1 Å². The average molecular weight is 273 g/mol. The van der Waals surface area contributed by atoms with E-state index in [0.29, 0.717) is 0 Å². The van der Waals surface area contributed by atoms with E-state index in [9.17, 15) is 18.3 Å². The van der Waals surface area contributed by atoms with Crippen LogP contribution in [0.25, 0.3) is 0 Å². The Kier molecular flexibility index (Phi) is 4.47. The lowest BCUT2D eigenvalue weighted by atomic mass is 9.81. The topological polar surface area (TPSA) is 46.2 Å². The molecular weight excluding hydrogens is 255 g/mol. The fraction of sp³-hybridized carbons (Fsp3) is 0.571. The molecule has 0 aliphatic heterocycles. The standard InChI is InChI=1S/C14H18F3NO/c15-10-6-9(7-11(16)12(10)17)13(18)14(19)8-4-2-1-3-5-8/h6-8,13-14,19H,1-5,18H2/t13-,14+/m0/s1. The first kappa shape index (κ1) is 14.3. The second-order valence-corrected chi connectivity index (χ2v) is 5.21. The van der Waals surface area contributed by atoms with Gasteiger partial charge in [-0.05, 0) is 36.5 Å². The van der Waals surface area contributed by atoms with Crippen molar-refractivity contribution in [3.63, 3.8) is 0 Å². The molecule has 1 aromatic rings. The number of aliphatic hydroxyl groups is 1. The van der Waals surface area contributed by atoms with Gasteiger partial charge < -0.3 is 10.8 Å². The molecule has 1 fully saturated rings. The lowest BCUT2D eigenvalue weighted by molar-refractivity contribution is 0.0616. The van der Waals surface area contributed by atoms with E-state index in [1.807, 2.05) is 0 Å². The quantitative estimate of drug-likeness (QED) is 0.831. The molecule has 0 spiro atoms. The molecule has 0 radical (unpaired) electrons. The summed E-state index contributed by atoms with van der Waals surface area (Å²) in [5.41, 5.74) is 5.94. The van der Waals surface area contributed by atoms with E-state index >= 15 is 0 Å². The van der Waals surface area contributed by atoms with Crippen molar-refractivity contribution in [2.24, 2.45) is 11.7 Å². The number of hydrogen-bond acceptors (Lipinski definition) is 2. The number of aliphatic hydroxyl groups excluding tert-OH is 1. The minimum absolute atomic E-state index is 0.0416. The second kappa shape index (κ2) is 5.92. The smallest absolute Gasteiger partial charge is 0.194 e. The zero-order valence-corrected chi connectivity index (χ0v) is 10.6. The van der Waals surface area contributed by atoms with E-state index in [0.717, 1.165) is 44.2 Å². The van der Waals surface area contributed by atoms with Gasteiger partial charge in [-0.25, -0.2) is 13.2 Å². The third-order valence-electron chi connectivity index (χ3n) is 3.89. The second-order valence-electron chi connectivity index (χ2n) is 5.21. The molecule has 1 aliphatic carbocycles. The van der Waals surface area contributed by atoms with Crippen molar-refractivity contribution in [3.8, 4) is 0 Å². The van der Waals surface area contributed by atoms with Crippen molar-refractivity contribution in [3.05, 3.63) is 35.1 Å². The Balaban J connectivity index is 2.16. The summed E-state index contributed by atoms with van der Waals surface area (Å²) in [6, 6.07) is 0.817. The molecule has 0 aromatic heterocycles. The molecule has 3 N–H and O–H groups in total. The van der Waals surface area contributed by atoms with Gasteiger partial charge >= 0.3 is 0 Å². The Hall–Kier alpha value is -1.07. The molecule has 2 nitrogen and oxygen atoms in total. The Bertz CT molecular complexity index is 423. The van der Waals surface area contributed by atoms with Crippen LogP contribution in [0.1, 0.15) is 43.7 Å². The summed E-state index contributed by atoms with van der Waals surface area (Å²) in [6.45, 7) is 0. The van der Waals surface area contributed by atoms with Crippen LogP contribution in [0.2, 0.25) is 0 Å². The van der Waals surface area contributed by atoms with Crippen molar-refractivity contribution in [2.75, 3.05) is 0 Å². The van der Waals surface area contributed by atoms with Gasteiger partial charge in [0, 0.05) is 0 Å². The zero-order valence-electron chi connectivity index (χ0n) is 10.6. The highest BCUT2D eigenvalue weighted by Crippen LogP contribution is 2.32. The summed E-state index contributed by atoms with van der Waals surface area (Å²) >= 11 is 0. The molecule has 0 amide bonds. The van der Waals surface area contributed by atoms with E-state index in [1.54, 1.807) is 0 Å². The number of rotatable bonds is 3. The zero-order chi connectivity index (χ0) is 14.0. The molecule has 0 unspecified atom stereocenters. The molecule has 5 heteroatoms. The summed E-state index contributed by atoms with van der Waals surface area (Å²) in [6.07, 6.45) is 4.06. The minimum Gasteiger partial charge on any atom is -0.391 e. The van der Waals surface area contributed by atoms with Crippen LogP contribution in [0.4, 0.5) is 13.2 Å². The van der Waals surface area contributed by atoms with Gasteiger partial charge in [0.05, 0.1) is 12.1 Å². The summed E-state index contributed by atoms with van der Waals surface area (Å²) in [5, 5.41) is 10.2. The fourth-order valence-corrected chi connectivity index (χ4v) is 2.73. The first-order chi connectivity index (χ1) is 9.00. The van der Waals surface area contributed by atoms with Gasteiger partial charge in [0.15, 0.2) is 17.5 Å². The van der Waals surface area contributed by atoms with Crippen LogP contribution in [0.3, 0.4) is 0 Å². The normalized spacial score (nSPS) is 20.3. The van der Waals surface area contributed by atoms with Gasteiger partial charge in [0.25, 0.3) is 0 Å². The van der Waals surface area contributed by atoms with Crippen molar-refractivity contribution < 1.29 is 18.3 Å². The average Bonchev–Trinajstić information content (AvgIpc) is 2.43. The third-order valence-corrected chi connectivity index (χ3v) is 3.89. The van der Waals surface area contributed by atoms with Crippen molar-refractivity contribution in [1.29, 1.82) is 0 Å². The third kappa shape index (κ3) is 3.09. The molecule has 106 valence electrons. The van der Waals surface area contributed by atoms with Crippen molar-refractivity contribution >= 4 is 0 Å². The maximum Gasteiger partial charge on any atom is 0.194 e. The van der Waals surface area contributed by atoms with Crippen LogP contribution in [0.5, 0.6) is 0 Å². The molecule has 2 atom stereocenters. The van der Waals surface area contributed by atoms with Crippen molar-refractivity contribution in [2.45, 2.75) is 44.2 Å². The molecule has 0 saturated heterocycles.